The molecule has 5 nitrogen and oxygen atoms in total. The van der Waals surface area contributed by atoms with Gasteiger partial charge in [0, 0.05) is 25.7 Å². The molecule has 1 aliphatic carbocycles. The van der Waals surface area contributed by atoms with Gasteiger partial charge in [-0.3, -0.25) is 4.79 Å². The number of piperidine rings is 1. The van der Waals surface area contributed by atoms with E-state index in [0.717, 1.165) is 19.3 Å². The van der Waals surface area contributed by atoms with E-state index in [1.54, 1.807) is 4.90 Å². The molecule has 2 fully saturated rings. The highest BCUT2D eigenvalue weighted by Gasteiger charge is 2.37. The van der Waals surface area contributed by atoms with Crippen molar-refractivity contribution in [1.29, 1.82) is 0 Å². The lowest BCUT2D eigenvalue weighted by atomic mass is 9.90. The number of nitrogens with zero attached hydrogens (tertiary/aromatic N) is 2. The van der Waals surface area contributed by atoms with Gasteiger partial charge in [-0.25, -0.2) is 4.79 Å². The number of urea groups is 1. The molecule has 1 saturated heterocycles. The van der Waals surface area contributed by atoms with Gasteiger partial charge in [-0.2, -0.15) is 0 Å². The molecular formula is C14H24N2O3. The number of likely N-dealkylation sites (tertiary alicyclic amines) is 1. The Hall–Kier alpha value is -1.26. The molecule has 2 atom stereocenters. The Labute approximate surface area is 114 Å². The van der Waals surface area contributed by atoms with E-state index in [4.69, 9.17) is 0 Å². The Bertz CT molecular complexity index is 353. The highest BCUT2D eigenvalue weighted by molar-refractivity contribution is 5.77. The van der Waals surface area contributed by atoms with Crippen molar-refractivity contribution in [1.82, 2.24) is 9.80 Å². The Morgan fingerprint density at radius 3 is 2.37 bits per heavy atom. The van der Waals surface area contributed by atoms with Gasteiger partial charge in [0.1, 0.15) is 0 Å². The number of rotatable bonds is 2. The zero-order valence-corrected chi connectivity index (χ0v) is 11.8. The van der Waals surface area contributed by atoms with Crippen molar-refractivity contribution in [3.63, 3.8) is 0 Å². The number of aliphatic carboxylic acids is 1. The zero-order chi connectivity index (χ0) is 14.0. The van der Waals surface area contributed by atoms with E-state index >= 15 is 0 Å². The van der Waals surface area contributed by atoms with Crippen LogP contribution in [0.3, 0.4) is 0 Å². The van der Waals surface area contributed by atoms with Crippen molar-refractivity contribution in [3.8, 4) is 0 Å². The Balaban J connectivity index is 2.02. The smallest absolute Gasteiger partial charge is 0.320 e. The fraction of sp³-hybridized carbons (Fsp3) is 0.857. The average Bonchev–Trinajstić information content (AvgIpc) is 2.90. The fourth-order valence-corrected chi connectivity index (χ4v) is 3.39. The van der Waals surface area contributed by atoms with Gasteiger partial charge < -0.3 is 14.9 Å². The highest BCUT2D eigenvalue weighted by Crippen LogP contribution is 2.27. The van der Waals surface area contributed by atoms with Gasteiger partial charge in [0.05, 0.1) is 5.92 Å². The topological polar surface area (TPSA) is 60.9 Å². The van der Waals surface area contributed by atoms with Crippen LogP contribution in [-0.4, -0.2) is 52.6 Å². The van der Waals surface area contributed by atoms with Crippen LogP contribution in [0, 0.1) is 5.92 Å². The first-order valence-corrected chi connectivity index (χ1v) is 7.28. The molecule has 1 saturated carbocycles. The molecule has 0 aromatic heterocycles. The van der Waals surface area contributed by atoms with Crippen LogP contribution in [0.25, 0.3) is 0 Å². The molecule has 1 aliphatic heterocycles. The number of hydrogen-bond donors (Lipinski definition) is 1. The van der Waals surface area contributed by atoms with Crippen molar-refractivity contribution < 1.29 is 14.7 Å². The Morgan fingerprint density at radius 1 is 1.16 bits per heavy atom. The second-order valence-corrected chi connectivity index (χ2v) is 5.85. The summed E-state index contributed by atoms with van der Waals surface area (Å²) < 4.78 is 0. The third-order valence-electron chi connectivity index (χ3n) is 4.73. The Morgan fingerprint density at radius 2 is 1.79 bits per heavy atom. The molecule has 2 aliphatic rings. The maximum absolute atomic E-state index is 12.5. The summed E-state index contributed by atoms with van der Waals surface area (Å²) in [5.74, 6) is -1.21. The molecule has 1 heterocycles. The SMILES string of the molecule is C[C@@H]1[C@H](C(=O)O)CCCN1C(=O)N(C)C1CCCC1. The predicted octanol–water partition coefficient (Wildman–Crippen LogP) is 2.17. The van der Waals surface area contributed by atoms with E-state index in [1.165, 1.54) is 12.8 Å². The van der Waals surface area contributed by atoms with Crippen LogP contribution < -0.4 is 0 Å². The van der Waals surface area contributed by atoms with Gasteiger partial charge >= 0.3 is 12.0 Å². The predicted molar refractivity (Wildman–Crippen MR) is 71.9 cm³/mol. The van der Waals surface area contributed by atoms with E-state index in [2.05, 4.69) is 0 Å². The van der Waals surface area contributed by atoms with Crippen LogP contribution in [0.2, 0.25) is 0 Å². The van der Waals surface area contributed by atoms with Crippen LogP contribution in [0.1, 0.15) is 45.4 Å². The molecule has 5 heteroatoms. The summed E-state index contributed by atoms with van der Waals surface area (Å²) in [5.41, 5.74) is 0. The molecule has 0 aromatic carbocycles. The fourth-order valence-electron chi connectivity index (χ4n) is 3.39. The molecular weight excluding hydrogens is 244 g/mol. The van der Waals surface area contributed by atoms with Crippen LogP contribution in [0.15, 0.2) is 0 Å². The number of carbonyl (C=O) groups is 2. The summed E-state index contributed by atoms with van der Waals surface area (Å²) in [4.78, 5) is 27.3. The molecule has 0 aromatic rings. The number of amides is 2. The second kappa shape index (κ2) is 5.80. The summed E-state index contributed by atoms with van der Waals surface area (Å²) >= 11 is 0. The number of hydrogen-bond acceptors (Lipinski definition) is 2. The maximum atomic E-state index is 12.5. The lowest BCUT2D eigenvalue weighted by Crippen LogP contribution is -2.54. The summed E-state index contributed by atoms with van der Waals surface area (Å²) in [6, 6.07) is 0.137. The normalized spacial score (nSPS) is 28.4. The van der Waals surface area contributed by atoms with Gasteiger partial charge in [-0.15, -0.1) is 0 Å². The van der Waals surface area contributed by atoms with Crippen molar-refractivity contribution in [2.24, 2.45) is 5.92 Å². The van der Waals surface area contributed by atoms with Crippen molar-refractivity contribution in [2.45, 2.75) is 57.5 Å². The van der Waals surface area contributed by atoms with Gasteiger partial charge in [0.2, 0.25) is 0 Å². The summed E-state index contributed by atoms with van der Waals surface area (Å²) in [7, 11) is 1.86. The first kappa shape index (κ1) is 14.2. The van der Waals surface area contributed by atoms with E-state index < -0.39 is 11.9 Å². The molecule has 2 rings (SSSR count). The third-order valence-corrected chi connectivity index (χ3v) is 4.73. The molecule has 19 heavy (non-hydrogen) atoms. The molecule has 2 amide bonds. The molecule has 0 spiro atoms. The zero-order valence-electron chi connectivity index (χ0n) is 11.8. The summed E-state index contributed by atoms with van der Waals surface area (Å²) in [6.07, 6.45) is 5.99. The Kier molecular flexibility index (Phi) is 4.32. The van der Waals surface area contributed by atoms with Crippen molar-refractivity contribution in [3.05, 3.63) is 0 Å². The lowest BCUT2D eigenvalue weighted by molar-refractivity contribution is -0.145. The lowest BCUT2D eigenvalue weighted by Gasteiger charge is -2.40. The number of carboxylic acid groups (broad SMARTS) is 1. The molecule has 108 valence electrons. The van der Waals surface area contributed by atoms with E-state index in [9.17, 15) is 14.7 Å². The van der Waals surface area contributed by atoms with Crippen LogP contribution in [0.5, 0.6) is 0 Å². The molecule has 1 N–H and O–H groups in total. The highest BCUT2D eigenvalue weighted by atomic mass is 16.4. The summed E-state index contributed by atoms with van der Waals surface area (Å²) in [5, 5.41) is 9.21. The van der Waals surface area contributed by atoms with E-state index in [0.29, 0.717) is 19.0 Å². The van der Waals surface area contributed by atoms with Gasteiger partial charge in [0.15, 0.2) is 0 Å². The summed E-state index contributed by atoms with van der Waals surface area (Å²) in [6.45, 7) is 2.54. The van der Waals surface area contributed by atoms with Crippen molar-refractivity contribution in [2.75, 3.05) is 13.6 Å². The van der Waals surface area contributed by atoms with Gasteiger partial charge in [-0.05, 0) is 32.6 Å². The average molecular weight is 268 g/mol. The molecule has 0 radical (unpaired) electrons. The first-order valence-electron chi connectivity index (χ1n) is 7.28. The standard InChI is InChI=1S/C14H24N2O3/c1-10-12(13(17)18)8-5-9-16(10)14(19)15(2)11-6-3-4-7-11/h10-12H,3-9H2,1-2H3,(H,17,18)/t10-,12-/m1/s1. The third kappa shape index (κ3) is 2.85. The van der Waals surface area contributed by atoms with E-state index in [-0.39, 0.29) is 12.1 Å². The van der Waals surface area contributed by atoms with Crippen LogP contribution >= 0.6 is 0 Å². The largest absolute Gasteiger partial charge is 0.481 e. The minimum absolute atomic E-state index is 0.00495. The minimum Gasteiger partial charge on any atom is -0.481 e. The molecule has 0 unspecified atom stereocenters. The number of carboxylic acids is 1. The van der Waals surface area contributed by atoms with Crippen molar-refractivity contribution >= 4 is 12.0 Å². The van der Waals surface area contributed by atoms with Crippen LogP contribution in [0.4, 0.5) is 4.79 Å². The van der Waals surface area contributed by atoms with E-state index in [1.807, 2.05) is 18.9 Å². The first-order chi connectivity index (χ1) is 9.02. The quantitative estimate of drug-likeness (QED) is 0.835. The minimum atomic E-state index is -0.784. The monoisotopic (exact) mass is 268 g/mol. The second-order valence-electron chi connectivity index (χ2n) is 5.85. The van der Waals surface area contributed by atoms with Crippen LogP contribution in [-0.2, 0) is 4.79 Å². The van der Waals surface area contributed by atoms with Gasteiger partial charge in [0.25, 0.3) is 0 Å². The van der Waals surface area contributed by atoms with Gasteiger partial charge in [-0.1, -0.05) is 12.8 Å². The molecule has 0 bridgehead atoms. The number of carbonyl (C=O) groups excluding carboxylic acids is 1. The maximum Gasteiger partial charge on any atom is 0.320 e.